The molecule has 2 aliphatic rings. The molecule has 0 spiro atoms. The summed E-state index contributed by atoms with van der Waals surface area (Å²) in [5, 5.41) is 9.05. The van der Waals surface area contributed by atoms with Crippen molar-refractivity contribution in [1.29, 1.82) is 0 Å². The Hall–Kier alpha value is -1.93. The number of aliphatic carboxylic acids is 1. The number of amides is 1. The lowest BCUT2D eigenvalue weighted by Gasteiger charge is -2.21. The first-order valence-corrected chi connectivity index (χ1v) is 9.97. The Morgan fingerprint density at radius 2 is 1.64 bits per heavy atom. The average Bonchev–Trinajstić information content (AvgIpc) is 2.80. The van der Waals surface area contributed by atoms with Crippen molar-refractivity contribution in [2.45, 2.75) is 37.0 Å². The van der Waals surface area contributed by atoms with Crippen molar-refractivity contribution in [2.24, 2.45) is 5.92 Å². The van der Waals surface area contributed by atoms with E-state index >= 15 is 0 Å². The number of rotatable bonds is 4. The van der Waals surface area contributed by atoms with E-state index in [9.17, 15) is 18.0 Å². The van der Waals surface area contributed by atoms with Crippen LogP contribution in [0.2, 0.25) is 0 Å². The van der Waals surface area contributed by atoms with Gasteiger partial charge in [0.15, 0.2) is 0 Å². The second kappa shape index (κ2) is 7.13. The number of nitrogens with zero attached hydrogens (tertiary/aromatic N) is 2. The molecule has 3 rings (SSSR count). The lowest BCUT2D eigenvalue weighted by Crippen LogP contribution is -2.32. The first-order valence-electron chi connectivity index (χ1n) is 8.53. The molecule has 0 aliphatic carbocycles. The van der Waals surface area contributed by atoms with Crippen molar-refractivity contribution >= 4 is 27.6 Å². The minimum atomic E-state index is -3.53. The highest BCUT2D eigenvalue weighted by molar-refractivity contribution is 7.89. The second-order valence-electron chi connectivity index (χ2n) is 6.56. The molecule has 2 heterocycles. The number of carboxylic acid groups (broad SMARTS) is 1. The number of anilines is 1. The summed E-state index contributed by atoms with van der Waals surface area (Å²) < 4.78 is 27.0. The Morgan fingerprint density at radius 1 is 1.04 bits per heavy atom. The molecule has 1 amide bonds. The molecule has 0 radical (unpaired) electrons. The van der Waals surface area contributed by atoms with E-state index in [1.807, 2.05) is 0 Å². The van der Waals surface area contributed by atoms with Gasteiger partial charge in [-0.1, -0.05) is 12.8 Å². The lowest BCUT2D eigenvalue weighted by molar-refractivity contribution is -0.141. The Kier molecular flexibility index (Phi) is 5.10. The molecule has 2 aliphatic heterocycles. The van der Waals surface area contributed by atoms with Crippen molar-refractivity contribution in [3.63, 3.8) is 0 Å². The smallest absolute Gasteiger partial charge is 0.308 e. The largest absolute Gasteiger partial charge is 0.481 e. The highest BCUT2D eigenvalue weighted by Gasteiger charge is 2.35. The van der Waals surface area contributed by atoms with Crippen LogP contribution in [0.5, 0.6) is 0 Å². The van der Waals surface area contributed by atoms with Gasteiger partial charge in [-0.15, -0.1) is 0 Å². The van der Waals surface area contributed by atoms with E-state index in [1.165, 1.54) is 21.3 Å². The minimum Gasteiger partial charge on any atom is -0.481 e. The molecule has 8 heteroatoms. The molecule has 1 aromatic rings. The Morgan fingerprint density at radius 3 is 2.16 bits per heavy atom. The van der Waals surface area contributed by atoms with Gasteiger partial charge in [-0.3, -0.25) is 9.59 Å². The molecule has 0 unspecified atom stereocenters. The SMILES string of the molecule is O=C(O)[C@@H]1CC(=O)N(c2ccc(S(=O)(=O)N3CCCCCC3)cc2)C1. The first-order chi connectivity index (χ1) is 11.9. The van der Waals surface area contributed by atoms with Gasteiger partial charge in [-0.05, 0) is 37.1 Å². The zero-order valence-corrected chi connectivity index (χ0v) is 14.7. The molecule has 2 fully saturated rings. The van der Waals surface area contributed by atoms with Crippen molar-refractivity contribution in [1.82, 2.24) is 4.31 Å². The van der Waals surface area contributed by atoms with E-state index in [0.29, 0.717) is 18.8 Å². The highest BCUT2D eigenvalue weighted by atomic mass is 32.2. The van der Waals surface area contributed by atoms with E-state index in [1.54, 1.807) is 12.1 Å². The van der Waals surface area contributed by atoms with Crippen LogP contribution in [0.4, 0.5) is 5.69 Å². The monoisotopic (exact) mass is 366 g/mol. The fourth-order valence-electron chi connectivity index (χ4n) is 3.35. The molecular weight excluding hydrogens is 344 g/mol. The zero-order valence-electron chi connectivity index (χ0n) is 13.9. The van der Waals surface area contributed by atoms with Gasteiger partial charge >= 0.3 is 5.97 Å². The van der Waals surface area contributed by atoms with Gasteiger partial charge in [-0.25, -0.2) is 8.42 Å². The van der Waals surface area contributed by atoms with E-state index in [2.05, 4.69) is 0 Å². The summed E-state index contributed by atoms with van der Waals surface area (Å²) in [7, 11) is -3.53. The van der Waals surface area contributed by atoms with Crippen LogP contribution in [-0.2, 0) is 19.6 Å². The van der Waals surface area contributed by atoms with Crippen molar-refractivity contribution in [3.8, 4) is 0 Å². The van der Waals surface area contributed by atoms with Crippen LogP contribution >= 0.6 is 0 Å². The fraction of sp³-hybridized carbons (Fsp3) is 0.529. The van der Waals surface area contributed by atoms with E-state index in [0.717, 1.165) is 25.7 Å². The molecule has 136 valence electrons. The van der Waals surface area contributed by atoms with Gasteiger partial charge in [0.25, 0.3) is 0 Å². The minimum absolute atomic E-state index is 0.0246. The molecule has 1 N–H and O–H groups in total. The molecule has 1 atom stereocenters. The van der Waals surface area contributed by atoms with Crippen LogP contribution in [0, 0.1) is 5.92 Å². The zero-order chi connectivity index (χ0) is 18.0. The molecule has 0 saturated carbocycles. The van der Waals surface area contributed by atoms with E-state index < -0.39 is 21.9 Å². The number of sulfonamides is 1. The van der Waals surface area contributed by atoms with Crippen molar-refractivity contribution < 1.29 is 23.1 Å². The molecule has 2 saturated heterocycles. The summed E-state index contributed by atoms with van der Waals surface area (Å²) >= 11 is 0. The van der Waals surface area contributed by atoms with E-state index in [4.69, 9.17) is 5.11 Å². The Bertz CT molecular complexity index is 752. The number of carbonyl (C=O) groups excluding carboxylic acids is 1. The van der Waals surface area contributed by atoms with Gasteiger partial charge in [0, 0.05) is 31.7 Å². The normalized spacial score (nSPS) is 22.8. The maximum absolute atomic E-state index is 12.7. The molecule has 7 nitrogen and oxygen atoms in total. The predicted octanol–water partition coefficient (Wildman–Crippen LogP) is 1.69. The number of hydrogen-bond acceptors (Lipinski definition) is 4. The summed E-state index contributed by atoms with van der Waals surface area (Å²) in [5.41, 5.74) is 0.531. The quantitative estimate of drug-likeness (QED) is 0.875. The number of benzene rings is 1. The topological polar surface area (TPSA) is 95.0 Å². The van der Waals surface area contributed by atoms with Crippen LogP contribution in [0.15, 0.2) is 29.2 Å². The summed E-state index contributed by atoms with van der Waals surface area (Å²) in [6.45, 7) is 1.19. The molecule has 1 aromatic carbocycles. The van der Waals surface area contributed by atoms with Crippen molar-refractivity contribution in [3.05, 3.63) is 24.3 Å². The van der Waals surface area contributed by atoms with Gasteiger partial charge in [-0.2, -0.15) is 4.31 Å². The Balaban J connectivity index is 1.78. The summed E-state index contributed by atoms with van der Waals surface area (Å²) in [5.74, 6) is -1.96. The third-order valence-corrected chi connectivity index (χ3v) is 6.74. The third-order valence-electron chi connectivity index (χ3n) is 4.83. The van der Waals surface area contributed by atoms with Crippen LogP contribution in [0.25, 0.3) is 0 Å². The van der Waals surface area contributed by atoms with Gasteiger partial charge in [0.2, 0.25) is 15.9 Å². The number of carbonyl (C=O) groups is 2. The highest BCUT2D eigenvalue weighted by Crippen LogP contribution is 2.27. The van der Waals surface area contributed by atoms with Crippen LogP contribution in [0.3, 0.4) is 0 Å². The summed E-state index contributed by atoms with van der Waals surface area (Å²) in [6.07, 6.45) is 3.81. The predicted molar refractivity (Wildman–Crippen MR) is 91.8 cm³/mol. The maximum Gasteiger partial charge on any atom is 0.308 e. The van der Waals surface area contributed by atoms with E-state index in [-0.39, 0.29) is 23.8 Å². The molecule has 0 aromatic heterocycles. The van der Waals surface area contributed by atoms with Gasteiger partial charge < -0.3 is 10.0 Å². The third kappa shape index (κ3) is 3.69. The summed E-state index contributed by atoms with van der Waals surface area (Å²) in [4.78, 5) is 24.7. The first kappa shape index (κ1) is 17.9. The number of hydrogen-bond donors (Lipinski definition) is 1. The average molecular weight is 366 g/mol. The molecule has 25 heavy (non-hydrogen) atoms. The van der Waals surface area contributed by atoms with Gasteiger partial charge in [0.1, 0.15) is 0 Å². The maximum atomic E-state index is 12.7. The van der Waals surface area contributed by atoms with Crippen molar-refractivity contribution in [2.75, 3.05) is 24.5 Å². The lowest BCUT2D eigenvalue weighted by atomic mass is 10.1. The molecule has 0 bridgehead atoms. The fourth-order valence-corrected chi connectivity index (χ4v) is 4.87. The van der Waals surface area contributed by atoms with Crippen LogP contribution in [-0.4, -0.2) is 49.3 Å². The van der Waals surface area contributed by atoms with Gasteiger partial charge in [0.05, 0.1) is 10.8 Å². The number of carboxylic acids is 1. The van der Waals surface area contributed by atoms with Crippen LogP contribution < -0.4 is 4.90 Å². The Labute approximate surface area is 147 Å². The second-order valence-corrected chi connectivity index (χ2v) is 8.49. The molecular formula is C17H22N2O5S. The summed E-state index contributed by atoms with van der Waals surface area (Å²) in [6, 6.07) is 6.15. The van der Waals surface area contributed by atoms with Crippen LogP contribution in [0.1, 0.15) is 32.1 Å². The standard InChI is InChI=1S/C17H22N2O5S/c20-16-11-13(17(21)22)12-19(16)14-5-7-15(8-6-14)25(23,24)18-9-3-1-2-4-10-18/h5-8,13H,1-4,9-12H2,(H,21,22)/t13-/m1/s1.